The van der Waals surface area contributed by atoms with Crippen LogP contribution >= 0.6 is 0 Å². The van der Waals surface area contributed by atoms with Gasteiger partial charge in [0.1, 0.15) is 0 Å². The van der Waals surface area contributed by atoms with Crippen LogP contribution in [0.5, 0.6) is 0 Å². The average Bonchev–Trinajstić information content (AvgIpc) is 3.12. The highest BCUT2D eigenvalue weighted by molar-refractivity contribution is 5.55. The molecule has 154 valence electrons. The zero-order valence-electron chi connectivity index (χ0n) is 18.7. The van der Waals surface area contributed by atoms with Crippen molar-refractivity contribution in [3.63, 3.8) is 0 Å². The molecule has 1 N–H and O–H groups in total. The summed E-state index contributed by atoms with van der Waals surface area (Å²) >= 11 is 0. The first kappa shape index (κ1) is 20.8. The molecule has 1 saturated heterocycles. The van der Waals surface area contributed by atoms with E-state index in [2.05, 4.69) is 87.1 Å². The Morgan fingerprint density at radius 3 is 2.39 bits per heavy atom. The van der Waals surface area contributed by atoms with Gasteiger partial charge in [0.2, 0.25) is 5.82 Å². The molecule has 1 aromatic heterocycles. The molecular weight excluding hydrogens is 348 g/mol. The number of aromatic nitrogens is 4. The Hall–Kier alpha value is -1.95. The van der Waals surface area contributed by atoms with Crippen molar-refractivity contribution in [3.05, 3.63) is 35.2 Å². The highest BCUT2D eigenvalue weighted by atomic mass is 15.6. The van der Waals surface area contributed by atoms with Crippen LogP contribution in [0.15, 0.2) is 18.2 Å². The number of quaternary nitrogens is 1. The molecule has 0 unspecified atom stereocenters. The number of aryl methyl sites for hydroxylation is 2. The van der Waals surface area contributed by atoms with E-state index in [9.17, 15) is 0 Å². The molecule has 1 aromatic carbocycles. The van der Waals surface area contributed by atoms with Crippen molar-refractivity contribution in [1.82, 2.24) is 20.2 Å². The van der Waals surface area contributed by atoms with Crippen LogP contribution in [0.2, 0.25) is 0 Å². The standard InChI is InChI=1S/C22H36N6/c1-16(2)14-20(21-23-24-25-28(21)22(5,6)7)27-12-10-26(11-13-27)19-15-17(3)8-9-18(19)4/h8-9,15-16,20H,10-14H2,1-7H3/p+1/t20-/m0/s1. The molecule has 0 radical (unpaired) electrons. The van der Waals surface area contributed by atoms with E-state index in [0.717, 1.165) is 38.4 Å². The van der Waals surface area contributed by atoms with Gasteiger partial charge in [0.25, 0.3) is 0 Å². The molecule has 0 amide bonds. The lowest BCUT2D eigenvalue weighted by Gasteiger charge is -2.38. The summed E-state index contributed by atoms with van der Waals surface area (Å²) in [5.74, 6) is 1.65. The van der Waals surface area contributed by atoms with Crippen molar-refractivity contribution >= 4 is 5.69 Å². The Morgan fingerprint density at radius 1 is 1.11 bits per heavy atom. The Bertz CT molecular complexity index is 781. The van der Waals surface area contributed by atoms with E-state index in [1.165, 1.54) is 16.8 Å². The molecule has 1 fully saturated rings. The van der Waals surface area contributed by atoms with Gasteiger partial charge in [-0.15, -0.1) is 5.10 Å². The second kappa shape index (κ2) is 8.19. The van der Waals surface area contributed by atoms with Gasteiger partial charge < -0.3 is 9.80 Å². The predicted octanol–water partition coefficient (Wildman–Crippen LogP) is 2.54. The minimum atomic E-state index is -0.103. The maximum Gasteiger partial charge on any atom is 0.209 e. The van der Waals surface area contributed by atoms with Crippen molar-refractivity contribution in [1.29, 1.82) is 0 Å². The number of anilines is 1. The van der Waals surface area contributed by atoms with Crippen molar-refractivity contribution in [3.8, 4) is 0 Å². The van der Waals surface area contributed by atoms with Crippen molar-refractivity contribution in [2.45, 2.75) is 66.5 Å². The molecule has 0 saturated carbocycles. The zero-order chi connectivity index (χ0) is 20.5. The second-order valence-electron chi connectivity index (χ2n) is 9.74. The number of nitrogens with one attached hydrogen (secondary N) is 1. The van der Waals surface area contributed by atoms with Crippen LogP contribution in [0.3, 0.4) is 0 Å². The first-order chi connectivity index (χ1) is 13.2. The number of benzene rings is 1. The average molecular weight is 386 g/mol. The summed E-state index contributed by atoms with van der Waals surface area (Å²) in [6, 6.07) is 7.11. The molecule has 1 aliphatic heterocycles. The molecular formula is C22H37N6+. The highest BCUT2D eigenvalue weighted by Crippen LogP contribution is 2.24. The molecule has 0 bridgehead atoms. The van der Waals surface area contributed by atoms with Crippen LogP contribution < -0.4 is 9.80 Å². The van der Waals surface area contributed by atoms with Crippen LogP contribution in [0.1, 0.15) is 64.0 Å². The first-order valence-corrected chi connectivity index (χ1v) is 10.6. The lowest BCUT2D eigenvalue weighted by molar-refractivity contribution is -0.934. The third kappa shape index (κ3) is 4.54. The largest absolute Gasteiger partial charge is 0.360 e. The third-order valence-electron chi connectivity index (χ3n) is 5.75. The van der Waals surface area contributed by atoms with Gasteiger partial charge in [-0.25, -0.2) is 4.68 Å². The van der Waals surface area contributed by atoms with E-state index in [-0.39, 0.29) is 5.54 Å². The third-order valence-corrected chi connectivity index (χ3v) is 5.75. The number of nitrogens with zero attached hydrogens (tertiary/aromatic N) is 5. The van der Waals surface area contributed by atoms with E-state index in [1.807, 2.05) is 4.68 Å². The Kier molecular flexibility index (Phi) is 6.08. The number of piperazine rings is 1. The molecule has 1 atom stereocenters. The normalized spacial score (nSPS) is 17.4. The summed E-state index contributed by atoms with van der Waals surface area (Å²) in [6.45, 7) is 19.9. The number of tetrazole rings is 1. The van der Waals surface area contributed by atoms with E-state index >= 15 is 0 Å². The predicted molar refractivity (Wildman–Crippen MR) is 114 cm³/mol. The van der Waals surface area contributed by atoms with Gasteiger partial charge in [-0.2, -0.15) is 0 Å². The van der Waals surface area contributed by atoms with Gasteiger partial charge in [0.05, 0.1) is 31.7 Å². The smallest absolute Gasteiger partial charge is 0.209 e. The van der Waals surface area contributed by atoms with E-state index in [4.69, 9.17) is 0 Å². The summed E-state index contributed by atoms with van der Waals surface area (Å²) in [5.41, 5.74) is 3.98. The van der Waals surface area contributed by atoms with Crippen LogP contribution in [-0.4, -0.2) is 46.4 Å². The minimum Gasteiger partial charge on any atom is -0.360 e. The summed E-state index contributed by atoms with van der Waals surface area (Å²) in [7, 11) is 0. The van der Waals surface area contributed by atoms with Crippen molar-refractivity contribution in [2.75, 3.05) is 31.1 Å². The molecule has 0 spiro atoms. The number of hydrogen-bond acceptors (Lipinski definition) is 4. The fraction of sp³-hybridized carbons (Fsp3) is 0.682. The van der Waals surface area contributed by atoms with E-state index in [0.29, 0.717) is 12.0 Å². The fourth-order valence-electron chi connectivity index (χ4n) is 4.26. The SMILES string of the molecule is Cc1ccc(C)c(N2CC[NH+]([C@@H](CC(C)C)c3nnnn3C(C)(C)C)CC2)c1. The molecule has 2 aromatic rings. The zero-order valence-corrected chi connectivity index (χ0v) is 18.7. The Balaban J connectivity index is 1.79. The molecule has 1 aliphatic rings. The maximum absolute atomic E-state index is 4.48. The minimum absolute atomic E-state index is 0.103. The van der Waals surface area contributed by atoms with Crippen LogP contribution in [0, 0.1) is 19.8 Å². The van der Waals surface area contributed by atoms with Crippen molar-refractivity contribution in [2.24, 2.45) is 5.92 Å². The first-order valence-electron chi connectivity index (χ1n) is 10.6. The molecule has 6 heteroatoms. The van der Waals surface area contributed by atoms with E-state index in [1.54, 1.807) is 4.90 Å². The summed E-state index contributed by atoms with van der Waals surface area (Å²) < 4.78 is 2.03. The lowest BCUT2D eigenvalue weighted by atomic mass is 9.99. The Morgan fingerprint density at radius 2 is 1.79 bits per heavy atom. The van der Waals surface area contributed by atoms with Gasteiger partial charge in [-0.1, -0.05) is 26.0 Å². The molecule has 2 heterocycles. The molecule has 6 nitrogen and oxygen atoms in total. The quantitative estimate of drug-likeness (QED) is 0.859. The van der Waals surface area contributed by atoms with Crippen molar-refractivity contribution < 1.29 is 4.90 Å². The van der Waals surface area contributed by atoms with Crippen LogP contribution in [0.4, 0.5) is 5.69 Å². The molecule has 0 aliphatic carbocycles. The fourth-order valence-corrected chi connectivity index (χ4v) is 4.26. The lowest BCUT2D eigenvalue weighted by Crippen LogP contribution is -3.15. The van der Waals surface area contributed by atoms with Gasteiger partial charge >= 0.3 is 0 Å². The molecule has 3 rings (SSSR count). The number of rotatable bonds is 5. The maximum atomic E-state index is 4.48. The van der Waals surface area contributed by atoms with Gasteiger partial charge in [0, 0.05) is 12.1 Å². The van der Waals surface area contributed by atoms with E-state index < -0.39 is 0 Å². The number of hydrogen-bond donors (Lipinski definition) is 1. The van der Waals surface area contributed by atoms with Gasteiger partial charge in [-0.05, 0) is 68.2 Å². The Labute approximate surface area is 169 Å². The van der Waals surface area contributed by atoms with Gasteiger partial charge in [0.15, 0.2) is 6.04 Å². The topological polar surface area (TPSA) is 51.3 Å². The van der Waals surface area contributed by atoms with Crippen LogP contribution in [-0.2, 0) is 5.54 Å². The van der Waals surface area contributed by atoms with Crippen LogP contribution in [0.25, 0.3) is 0 Å². The van der Waals surface area contributed by atoms with Gasteiger partial charge in [-0.3, -0.25) is 0 Å². The monoisotopic (exact) mass is 385 g/mol. The second-order valence-corrected chi connectivity index (χ2v) is 9.74. The summed E-state index contributed by atoms with van der Waals surface area (Å²) in [4.78, 5) is 4.15. The molecule has 28 heavy (non-hydrogen) atoms. The summed E-state index contributed by atoms with van der Waals surface area (Å²) in [5, 5.41) is 12.8. The highest BCUT2D eigenvalue weighted by Gasteiger charge is 2.35. The summed E-state index contributed by atoms with van der Waals surface area (Å²) in [6.07, 6.45) is 1.11.